The van der Waals surface area contributed by atoms with Gasteiger partial charge in [0.2, 0.25) is 0 Å². The molecule has 4 rings (SSSR count). The SMILES string of the molecule is COc1cc(-c2cc(NCCn3c(C)cc4c(OC)ccc(F)c43)ncn2)ccc1C(=O)O. The maximum atomic E-state index is 14.5. The zero-order valence-corrected chi connectivity index (χ0v) is 18.4. The van der Waals surface area contributed by atoms with Crippen molar-refractivity contribution in [2.45, 2.75) is 13.5 Å². The third-order valence-corrected chi connectivity index (χ3v) is 5.43. The summed E-state index contributed by atoms with van der Waals surface area (Å²) in [6.07, 6.45) is 1.43. The van der Waals surface area contributed by atoms with Crippen LogP contribution in [0.5, 0.6) is 11.5 Å². The quantitative estimate of drug-likeness (QED) is 0.411. The van der Waals surface area contributed by atoms with Crippen LogP contribution in [0.1, 0.15) is 16.1 Å². The second kappa shape index (κ2) is 9.15. The monoisotopic (exact) mass is 450 g/mol. The van der Waals surface area contributed by atoms with Gasteiger partial charge in [0.15, 0.2) is 0 Å². The summed E-state index contributed by atoms with van der Waals surface area (Å²) in [5.74, 6) is 0.104. The first-order valence-corrected chi connectivity index (χ1v) is 10.2. The van der Waals surface area contributed by atoms with Crippen LogP contribution in [0.2, 0.25) is 0 Å². The number of benzene rings is 2. The Morgan fingerprint density at radius 2 is 1.88 bits per heavy atom. The minimum Gasteiger partial charge on any atom is -0.496 e. The number of rotatable bonds is 8. The third kappa shape index (κ3) is 4.30. The number of nitrogens with one attached hydrogen (secondary N) is 1. The summed E-state index contributed by atoms with van der Waals surface area (Å²) in [6.45, 7) is 2.94. The molecule has 2 heterocycles. The maximum Gasteiger partial charge on any atom is 0.339 e. The Hall–Kier alpha value is -4.14. The highest BCUT2D eigenvalue weighted by Crippen LogP contribution is 2.31. The highest BCUT2D eigenvalue weighted by atomic mass is 19.1. The molecule has 8 nitrogen and oxygen atoms in total. The van der Waals surface area contributed by atoms with Crippen LogP contribution < -0.4 is 14.8 Å². The maximum absolute atomic E-state index is 14.5. The fraction of sp³-hybridized carbons (Fsp3) is 0.208. The first kappa shape index (κ1) is 22.1. The summed E-state index contributed by atoms with van der Waals surface area (Å²) in [7, 11) is 2.99. The summed E-state index contributed by atoms with van der Waals surface area (Å²) >= 11 is 0. The second-order valence-corrected chi connectivity index (χ2v) is 7.38. The van der Waals surface area contributed by atoms with E-state index in [1.54, 1.807) is 31.4 Å². The Morgan fingerprint density at radius 1 is 1.09 bits per heavy atom. The molecule has 0 unspecified atom stereocenters. The van der Waals surface area contributed by atoms with Gasteiger partial charge in [-0.05, 0) is 37.3 Å². The first-order chi connectivity index (χ1) is 15.9. The predicted octanol–water partition coefficient (Wildman–Crippen LogP) is 4.37. The molecule has 2 aromatic heterocycles. The van der Waals surface area contributed by atoms with Crippen LogP contribution in [-0.2, 0) is 6.54 Å². The van der Waals surface area contributed by atoms with Crippen molar-refractivity contribution in [1.29, 1.82) is 0 Å². The van der Waals surface area contributed by atoms with Crippen LogP contribution in [-0.4, -0.2) is 46.4 Å². The number of methoxy groups -OCH3 is 2. The van der Waals surface area contributed by atoms with Crippen molar-refractivity contribution in [2.24, 2.45) is 0 Å². The van der Waals surface area contributed by atoms with Crippen molar-refractivity contribution in [3.8, 4) is 22.8 Å². The highest BCUT2D eigenvalue weighted by Gasteiger charge is 2.15. The van der Waals surface area contributed by atoms with E-state index in [-0.39, 0.29) is 17.1 Å². The number of anilines is 1. The number of hydrogen-bond donors (Lipinski definition) is 2. The predicted molar refractivity (Wildman–Crippen MR) is 123 cm³/mol. The van der Waals surface area contributed by atoms with E-state index >= 15 is 0 Å². The molecule has 0 radical (unpaired) electrons. The summed E-state index contributed by atoms with van der Waals surface area (Å²) in [5, 5.41) is 13.2. The van der Waals surface area contributed by atoms with Crippen molar-refractivity contribution < 1.29 is 23.8 Å². The van der Waals surface area contributed by atoms with Gasteiger partial charge in [-0.15, -0.1) is 0 Å². The lowest BCUT2D eigenvalue weighted by atomic mass is 10.1. The second-order valence-electron chi connectivity index (χ2n) is 7.38. The Morgan fingerprint density at radius 3 is 2.61 bits per heavy atom. The van der Waals surface area contributed by atoms with Crippen LogP contribution in [0.25, 0.3) is 22.2 Å². The summed E-state index contributed by atoms with van der Waals surface area (Å²) in [6, 6.07) is 11.5. The van der Waals surface area contributed by atoms with Gasteiger partial charge in [-0.25, -0.2) is 19.2 Å². The van der Waals surface area contributed by atoms with Gasteiger partial charge in [0, 0.05) is 35.8 Å². The minimum absolute atomic E-state index is 0.0758. The molecule has 0 saturated heterocycles. The van der Waals surface area contributed by atoms with Gasteiger partial charge < -0.3 is 24.5 Å². The third-order valence-electron chi connectivity index (χ3n) is 5.43. The summed E-state index contributed by atoms with van der Waals surface area (Å²) < 4.78 is 27.0. The molecule has 0 bridgehead atoms. The van der Waals surface area contributed by atoms with Gasteiger partial charge in [0.05, 0.1) is 25.4 Å². The molecule has 0 saturated carbocycles. The van der Waals surface area contributed by atoms with Gasteiger partial charge in [0.1, 0.15) is 35.0 Å². The molecule has 2 N–H and O–H groups in total. The largest absolute Gasteiger partial charge is 0.496 e. The molecule has 0 aliphatic rings. The van der Waals surface area contributed by atoms with Crippen LogP contribution in [0, 0.1) is 12.7 Å². The molecule has 0 fully saturated rings. The zero-order valence-electron chi connectivity index (χ0n) is 18.4. The molecular formula is C24H23FN4O4. The molecule has 0 amide bonds. The Kier molecular flexibility index (Phi) is 6.12. The highest BCUT2D eigenvalue weighted by molar-refractivity contribution is 5.92. The van der Waals surface area contributed by atoms with Crippen molar-refractivity contribution in [3.63, 3.8) is 0 Å². The topological polar surface area (TPSA) is 98.5 Å². The van der Waals surface area contributed by atoms with E-state index in [2.05, 4.69) is 15.3 Å². The summed E-state index contributed by atoms with van der Waals surface area (Å²) in [4.78, 5) is 19.8. The molecular weight excluding hydrogens is 427 g/mol. The van der Waals surface area contributed by atoms with E-state index in [1.807, 2.05) is 17.6 Å². The van der Waals surface area contributed by atoms with Crippen LogP contribution in [0.15, 0.2) is 48.8 Å². The molecule has 0 aliphatic carbocycles. The first-order valence-electron chi connectivity index (χ1n) is 10.2. The van der Waals surface area contributed by atoms with E-state index < -0.39 is 5.97 Å². The fourth-order valence-electron chi connectivity index (χ4n) is 3.84. The van der Waals surface area contributed by atoms with Crippen LogP contribution in [0.3, 0.4) is 0 Å². The lowest BCUT2D eigenvalue weighted by Crippen LogP contribution is -2.13. The molecule has 9 heteroatoms. The van der Waals surface area contributed by atoms with Crippen molar-refractivity contribution in [1.82, 2.24) is 14.5 Å². The van der Waals surface area contributed by atoms with Gasteiger partial charge in [-0.2, -0.15) is 0 Å². The molecule has 0 aliphatic heterocycles. The van der Waals surface area contributed by atoms with Crippen molar-refractivity contribution in [2.75, 3.05) is 26.1 Å². The number of carbonyl (C=O) groups is 1. The zero-order chi connectivity index (χ0) is 23.5. The fourth-order valence-corrected chi connectivity index (χ4v) is 3.84. The number of ether oxygens (including phenoxy) is 2. The molecule has 0 spiro atoms. The van der Waals surface area contributed by atoms with Crippen LogP contribution >= 0.6 is 0 Å². The number of carboxylic acids is 1. The lowest BCUT2D eigenvalue weighted by Gasteiger charge is -2.12. The molecule has 4 aromatic rings. The van der Waals surface area contributed by atoms with Crippen LogP contribution in [0.4, 0.5) is 10.2 Å². The summed E-state index contributed by atoms with van der Waals surface area (Å²) in [5.41, 5.74) is 2.81. The number of aryl methyl sites for hydroxylation is 1. The average molecular weight is 450 g/mol. The lowest BCUT2D eigenvalue weighted by molar-refractivity contribution is 0.0693. The Balaban J connectivity index is 1.53. The van der Waals surface area contributed by atoms with E-state index in [4.69, 9.17) is 9.47 Å². The van der Waals surface area contributed by atoms with E-state index in [0.717, 1.165) is 11.1 Å². The number of carboxylic acid groups (broad SMARTS) is 1. The molecule has 170 valence electrons. The van der Waals surface area contributed by atoms with Gasteiger partial charge >= 0.3 is 5.97 Å². The number of aromatic nitrogens is 3. The van der Waals surface area contributed by atoms with E-state index in [9.17, 15) is 14.3 Å². The average Bonchev–Trinajstić information content (AvgIpc) is 3.16. The smallest absolute Gasteiger partial charge is 0.339 e. The number of halogens is 1. The van der Waals surface area contributed by atoms with E-state index in [1.165, 1.54) is 25.6 Å². The van der Waals surface area contributed by atoms with Crippen molar-refractivity contribution >= 4 is 22.7 Å². The molecule has 2 aromatic carbocycles. The number of nitrogens with zero attached hydrogens (tertiary/aromatic N) is 3. The van der Waals surface area contributed by atoms with E-state index in [0.29, 0.717) is 41.4 Å². The van der Waals surface area contributed by atoms with Gasteiger partial charge in [-0.3, -0.25) is 0 Å². The standard InChI is InChI=1S/C24H23FN4O4/c1-14-10-17-20(32-2)7-6-18(25)23(17)29(14)9-8-26-22-12-19(27-13-28-22)15-4-5-16(24(30)31)21(11-15)33-3/h4-7,10-13H,8-9H2,1-3H3,(H,30,31)(H,26,27,28). The van der Waals surface area contributed by atoms with Gasteiger partial charge in [-0.1, -0.05) is 6.07 Å². The normalized spacial score (nSPS) is 10.9. The van der Waals surface area contributed by atoms with Gasteiger partial charge in [0.25, 0.3) is 0 Å². The Labute approximate surface area is 189 Å². The molecule has 0 atom stereocenters. The number of aromatic carboxylic acids is 1. The van der Waals surface area contributed by atoms with Crippen molar-refractivity contribution in [3.05, 3.63) is 65.9 Å². The number of fused-ring (bicyclic) bond motifs is 1. The molecule has 33 heavy (non-hydrogen) atoms. The number of hydrogen-bond acceptors (Lipinski definition) is 6. The minimum atomic E-state index is -1.06. The Bertz CT molecular complexity index is 1340.